The molecule has 0 aromatic heterocycles. The van der Waals surface area contributed by atoms with Crippen LogP contribution in [0.2, 0.25) is 0 Å². The van der Waals surface area contributed by atoms with Gasteiger partial charge >= 0.3 is 0 Å². The second-order valence-electron chi connectivity index (χ2n) is 5.78. The van der Waals surface area contributed by atoms with Crippen molar-refractivity contribution in [1.29, 1.82) is 0 Å². The molecular formula is C16H34MnN4-2. The third-order valence-electron chi connectivity index (χ3n) is 1.92. The number of hydrogen-bond donors (Lipinski definition) is 0. The second-order valence-corrected chi connectivity index (χ2v) is 5.78. The summed E-state index contributed by atoms with van der Waals surface area (Å²) in [6, 6.07) is 1.67. The topological polar surface area (TPSA) is 52.9 Å². The zero-order valence-electron chi connectivity index (χ0n) is 15.0. The molecule has 0 aromatic rings. The van der Waals surface area contributed by atoms with E-state index < -0.39 is 0 Å². The first-order valence-electron chi connectivity index (χ1n) is 7.63. The van der Waals surface area contributed by atoms with E-state index in [0.717, 1.165) is 13.1 Å². The van der Waals surface area contributed by atoms with Crippen molar-refractivity contribution in [3.05, 3.63) is 10.6 Å². The third kappa shape index (κ3) is 32.9. The van der Waals surface area contributed by atoms with Crippen LogP contribution in [0.3, 0.4) is 0 Å². The standard InChI is InChI=1S/C8H18N2.C8H16N2.Mn/c2*1-7(2)9-5-6-10-8(3)4;/h7-8H,5-6H2,1-4H3;5-8H,1-4H3;/q-2;;. The van der Waals surface area contributed by atoms with Gasteiger partial charge < -0.3 is 10.6 Å². The van der Waals surface area contributed by atoms with Crippen molar-refractivity contribution >= 4 is 12.4 Å². The van der Waals surface area contributed by atoms with Crippen LogP contribution in [0.15, 0.2) is 9.98 Å². The van der Waals surface area contributed by atoms with Crippen molar-refractivity contribution < 1.29 is 17.1 Å². The molecule has 0 rings (SSSR count). The minimum Gasteiger partial charge on any atom is -0.661 e. The summed E-state index contributed by atoms with van der Waals surface area (Å²) < 4.78 is 0. The zero-order chi connectivity index (χ0) is 16.0. The van der Waals surface area contributed by atoms with Crippen molar-refractivity contribution in [1.82, 2.24) is 0 Å². The summed E-state index contributed by atoms with van der Waals surface area (Å²) >= 11 is 0. The Labute approximate surface area is 143 Å². The molecule has 21 heavy (non-hydrogen) atoms. The average Bonchev–Trinajstić information content (AvgIpc) is 2.30. The second kappa shape index (κ2) is 17.8. The van der Waals surface area contributed by atoms with Crippen LogP contribution in [0.1, 0.15) is 55.4 Å². The maximum atomic E-state index is 4.30. The molecule has 4 nitrogen and oxygen atoms in total. The largest absolute Gasteiger partial charge is 0.661 e. The maximum absolute atomic E-state index is 4.30. The molecule has 0 bridgehead atoms. The van der Waals surface area contributed by atoms with Gasteiger partial charge in [0.05, 0.1) is 0 Å². The summed E-state index contributed by atoms with van der Waals surface area (Å²) in [4.78, 5) is 8.24. The van der Waals surface area contributed by atoms with Crippen LogP contribution >= 0.6 is 0 Å². The van der Waals surface area contributed by atoms with E-state index in [2.05, 4.69) is 48.3 Å². The Morgan fingerprint density at radius 2 is 0.952 bits per heavy atom. The Morgan fingerprint density at radius 1 is 0.667 bits per heavy atom. The van der Waals surface area contributed by atoms with Gasteiger partial charge in [-0.1, -0.05) is 27.7 Å². The van der Waals surface area contributed by atoms with E-state index in [-0.39, 0.29) is 17.1 Å². The summed E-state index contributed by atoms with van der Waals surface area (Å²) in [5, 5.41) is 8.61. The van der Waals surface area contributed by atoms with E-state index in [4.69, 9.17) is 0 Å². The normalized spacial score (nSPS) is 11.6. The van der Waals surface area contributed by atoms with Gasteiger partial charge in [-0.05, 0) is 27.7 Å². The van der Waals surface area contributed by atoms with E-state index in [0.29, 0.717) is 24.2 Å². The van der Waals surface area contributed by atoms with E-state index >= 15 is 0 Å². The Balaban J connectivity index is -0.000000295. The number of nitrogens with zero attached hydrogens (tertiary/aromatic N) is 4. The molecule has 0 aliphatic heterocycles. The average molecular weight is 337 g/mol. The van der Waals surface area contributed by atoms with Crippen LogP contribution in [-0.4, -0.2) is 49.7 Å². The van der Waals surface area contributed by atoms with Crippen LogP contribution in [0.5, 0.6) is 0 Å². The molecule has 0 atom stereocenters. The quantitative estimate of drug-likeness (QED) is 0.356. The van der Waals surface area contributed by atoms with Crippen LogP contribution in [0, 0.1) is 0 Å². The number of rotatable bonds is 8. The Morgan fingerprint density at radius 3 is 1.14 bits per heavy atom. The molecule has 0 N–H and O–H groups in total. The first-order valence-corrected chi connectivity index (χ1v) is 7.63. The fourth-order valence-electron chi connectivity index (χ4n) is 1.05. The fourth-order valence-corrected chi connectivity index (χ4v) is 1.05. The summed E-state index contributed by atoms with van der Waals surface area (Å²) in [7, 11) is 0. The monoisotopic (exact) mass is 337 g/mol. The van der Waals surface area contributed by atoms with E-state index in [1.165, 1.54) is 0 Å². The maximum Gasteiger partial charge on any atom is 0.0443 e. The zero-order valence-corrected chi connectivity index (χ0v) is 16.2. The van der Waals surface area contributed by atoms with Gasteiger partial charge in [0.1, 0.15) is 0 Å². The van der Waals surface area contributed by atoms with E-state index in [1.54, 1.807) is 12.4 Å². The summed E-state index contributed by atoms with van der Waals surface area (Å²) in [5.74, 6) is 0. The van der Waals surface area contributed by atoms with E-state index in [9.17, 15) is 0 Å². The van der Waals surface area contributed by atoms with Crippen molar-refractivity contribution in [3.63, 3.8) is 0 Å². The molecule has 1 radical (unpaired) electrons. The van der Waals surface area contributed by atoms with Gasteiger partial charge in [0.2, 0.25) is 0 Å². The summed E-state index contributed by atoms with van der Waals surface area (Å²) in [6.07, 6.45) is 3.51. The summed E-state index contributed by atoms with van der Waals surface area (Å²) in [6.45, 7) is 18.3. The van der Waals surface area contributed by atoms with Crippen LogP contribution in [-0.2, 0) is 17.1 Å². The molecule has 0 aliphatic rings. The van der Waals surface area contributed by atoms with Gasteiger partial charge in [-0.2, -0.15) is 13.1 Å². The number of hydrogen-bond acceptors (Lipinski definition) is 2. The predicted octanol–water partition coefficient (Wildman–Crippen LogP) is 4.49. The minimum absolute atomic E-state index is 0. The van der Waals surface area contributed by atoms with Crippen LogP contribution in [0.25, 0.3) is 10.6 Å². The third-order valence-corrected chi connectivity index (χ3v) is 1.92. The van der Waals surface area contributed by atoms with Gasteiger partial charge in [0.25, 0.3) is 0 Å². The predicted molar refractivity (Wildman–Crippen MR) is 94.0 cm³/mol. The molecule has 0 unspecified atom stereocenters. The molecule has 0 spiro atoms. The van der Waals surface area contributed by atoms with Gasteiger partial charge in [-0.15, -0.1) is 12.1 Å². The van der Waals surface area contributed by atoms with Gasteiger partial charge in [0.15, 0.2) is 0 Å². The Bertz CT molecular complexity index is 223. The van der Waals surface area contributed by atoms with Crippen molar-refractivity contribution in [2.24, 2.45) is 9.98 Å². The first kappa shape index (κ1) is 25.7. The molecule has 0 fully saturated rings. The fraction of sp³-hybridized carbons (Fsp3) is 0.875. The molecule has 0 amide bonds. The van der Waals surface area contributed by atoms with Crippen LogP contribution < -0.4 is 0 Å². The number of aliphatic imine (C=N–C) groups is 2. The smallest absolute Gasteiger partial charge is 0.0443 e. The van der Waals surface area contributed by atoms with Crippen molar-refractivity contribution in [2.45, 2.75) is 79.6 Å². The Kier molecular flexibility index (Phi) is 21.8. The minimum atomic E-state index is 0. The van der Waals surface area contributed by atoms with Gasteiger partial charge in [0, 0.05) is 41.6 Å². The molecule has 5 heteroatoms. The van der Waals surface area contributed by atoms with Gasteiger partial charge in [-0.3, -0.25) is 9.98 Å². The molecule has 0 heterocycles. The van der Waals surface area contributed by atoms with Gasteiger partial charge in [-0.25, -0.2) is 0 Å². The molecule has 0 saturated heterocycles. The molecule has 0 aromatic carbocycles. The first-order chi connectivity index (χ1) is 9.25. The van der Waals surface area contributed by atoms with Crippen LogP contribution in [0.4, 0.5) is 0 Å². The SMILES string of the molecule is CC(C)N=CC=NC(C)C.CC(C)[N-]CC[N-]C(C)C.[Mn]. The van der Waals surface area contributed by atoms with Crippen molar-refractivity contribution in [2.75, 3.05) is 13.1 Å². The van der Waals surface area contributed by atoms with E-state index in [1.807, 2.05) is 27.7 Å². The molecule has 0 aliphatic carbocycles. The molecular weight excluding hydrogens is 303 g/mol. The molecule has 0 saturated carbocycles. The molecule has 127 valence electrons. The Hall–Kier alpha value is -0.221. The summed E-state index contributed by atoms with van der Waals surface area (Å²) in [5.41, 5.74) is 0. The van der Waals surface area contributed by atoms with Crippen molar-refractivity contribution in [3.8, 4) is 0 Å².